The minimum absolute atomic E-state index is 0.0462. The van der Waals surface area contributed by atoms with Crippen molar-refractivity contribution in [3.63, 3.8) is 0 Å². The van der Waals surface area contributed by atoms with Crippen LogP contribution < -0.4 is 25.2 Å². The summed E-state index contributed by atoms with van der Waals surface area (Å²) in [5.74, 6) is -0.370. The molecule has 0 atom stereocenters. The second kappa shape index (κ2) is 11.1. The van der Waals surface area contributed by atoms with Gasteiger partial charge in [-0.15, -0.1) is 0 Å². The van der Waals surface area contributed by atoms with E-state index in [1.807, 2.05) is 0 Å². The number of anilines is 5. The Morgan fingerprint density at radius 3 is 2.58 bits per heavy atom. The van der Waals surface area contributed by atoms with Crippen molar-refractivity contribution in [1.29, 1.82) is 0 Å². The Bertz CT molecular complexity index is 1450. The normalized spacial score (nSPS) is 13.1. The molecule has 1 aliphatic rings. The number of carbonyl (C=O) groups excluding carboxylic acids is 1. The van der Waals surface area contributed by atoms with Crippen LogP contribution in [-0.2, 0) is 14.9 Å². The van der Waals surface area contributed by atoms with E-state index in [1.165, 1.54) is 44.8 Å². The van der Waals surface area contributed by atoms with Gasteiger partial charge >= 0.3 is 6.01 Å². The highest BCUT2D eigenvalue weighted by molar-refractivity contribution is 7.92. The predicted octanol–water partition coefficient (Wildman–Crippen LogP) is 3.46. The lowest BCUT2D eigenvalue weighted by Gasteiger charge is -2.23. The van der Waals surface area contributed by atoms with E-state index < -0.39 is 21.7 Å². The van der Waals surface area contributed by atoms with Gasteiger partial charge in [-0.2, -0.15) is 4.98 Å². The molecule has 0 unspecified atom stereocenters. The molecule has 38 heavy (non-hydrogen) atoms. The minimum atomic E-state index is -3.68. The summed E-state index contributed by atoms with van der Waals surface area (Å²) in [6.45, 7) is 1.94. The van der Waals surface area contributed by atoms with Gasteiger partial charge in [-0.05, 0) is 49.4 Å². The molecule has 12 nitrogen and oxygen atoms in total. The molecule has 0 radical (unpaired) electrons. The number of amides is 1. The maximum absolute atomic E-state index is 15.1. The lowest BCUT2D eigenvalue weighted by molar-refractivity contribution is 0.0365. The summed E-state index contributed by atoms with van der Waals surface area (Å²) in [5, 5.41) is 6.02. The highest BCUT2D eigenvalue weighted by Gasteiger charge is 2.29. The number of nitrogens with one attached hydrogen (secondary N) is 3. The van der Waals surface area contributed by atoms with Crippen LogP contribution in [0.25, 0.3) is 0 Å². The number of ether oxygens (including phenoxy) is 1. The fraction of sp³-hybridized carbons (Fsp3) is 0.333. The predicted molar refractivity (Wildman–Crippen MR) is 140 cm³/mol. The van der Waals surface area contributed by atoms with E-state index in [2.05, 4.69) is 31.1 Å². The number of nitrogens with zero attached hydrogens (tertiary/aromatic N) is 4. The number of hydrogen-bond donors (Lipinski definition) is 3. The maximum Gasteiger partial charge on any atom is 0.318 e. The zero-order valence-corrected chi connectivity index (χ0v) is 22.1. The largest absolute Gasteiger partial charge is 0.467 e. The van der Waals surface area contributed by atoms with Crippen LogP contribution in [-0.4, -0.2) is 56.3 Å². The zero-order chi connectivity index (χ0) is 27.4. The summed E-state index contributed by atoms with van der Waals surface area (Å²) < 4.78 is 46.0. The number of rotatable bonds is 11. The number of methoxy groups -OCH3 is 1. The number of sulfonamides is 1. The van der Waals surface area contributed by atoms with Gasteiger partial charge in [0.15, 0.2) is 0 Å². The molecule has 1 fully saturated rings. The van der Waals surface area contributed by atoms with Gasteiger partial charge in [-0.3, -0.25) is 13.9 Å². The second-order valence-electron chi connectivity index (χ2n) is 8.55. The molecule has 202 valence electrons. The summed E-state index contributed by atoms with van der Waals surface area (Å²) in [4.78, 5) is 30.2. The number of benzene rings is 1. The van der Waals surface area contributed by atoms with Crippen LogP contribution in [0.5, 0.6) is 6.01 Å². The van der Waals surface area contributed by atoms with Gasteiger partial charge in [0, 0.05) is 25.5 Å². The van der Waals surface area contributed by atoms with Gasteiger partial charge in [-0.25, -0.2) is 28.3 Å². The van der Waals surface area contributed by atoms with Gasteiger partial charge in [0.1, 0.15) is 17.5 Å². The highest BCUT2D eigenvalue weighted by Crippen LogP contribution is 2.45. The first-order valence-electron chi connectivity index (χ1n) is 11.7. The summed E-state index contributed by atoms with van der Waals surface area (Å²) in [5.41, 5.74) is 3.42. The molecule has 14 heteroatoms. The van der Waals surface area contributed by atoms with Gasteiger partial charge in [0.25, 0.3) is 5.91 Å². The van der Waals surface area contributed by atoms with E-state index in [9.17, 15) is 13.2 Å². The molecule has 0 saturated heterocycles. The summed E-state index contributed by atoms with van der Waals surface area (Å²) in [6.07, 6.45) is 5.52. The molecule has 0 spiro atoms. The van der Waals surface area contributed by atoms with Gasteiger partial charge in [0.2, 0.25) is 10.0 Å². The van der Waals surface area contributed by atoms with Crippen molar-refractivity contribution in [3.8, 4) is 6.01 Å². The van der Waals surface area contributed by atoms with Gasteiger partial charge in [0.05, 0.1) is 42.6 Å². The van der Waals surface area contributed by atoms with E-state index in [0.717, 1.165) is 23.4 Å². The molecule has 2 aromatic heterocycles. The Kier molecular flexibility index (Phi) is 7.92. The highest BCUT2D eigenvalue weighted by atomic mass is 32.2. The van der Waals surface area contributed by atoms with Crippen LogP contribution >= 0.6 is 0 Å². The van der Waals surface area contributed by atoms with E-state index >= 15 is 4.39 Å². The van der Waals surface area contributed by atoms with Crippen LogP contribution in [0.3, 0.4) is 0 Å². The average Bonchev–Trinajstić information content (AvgIpc) is 3.72. The molecule has 2 heterocycles. The van der Waals surface area contributed by atoms with Crippen molar-refractivity contribution in [1.82, 2.24) is 20.4 Å². The number of halogens is 1. The van der Waals surface area contributed by atoms with E-state index in [4.69, 9.17) is 9.57 Å². The van der Waals surface area contributed by atoms with E-state index in [-0.39, 0.29) is 47.0 Å². The Morgan fingerprint density at radius 2 is 1.92 bits per heavy atom. The summed E-state index contributed by atoms with van der Waals surface area (Å²) in [6, 6.07) is 6.01. The minimum Gasteiger partial charge on any atom is -0.467 e. The third kappa shape index (κ3) is 6.26. The quantitative estimate of drug-likeness (QED) is 0.306. The van der Waals surface area contributed by atoms with Crippen molar-refractivity contribution in [2.75, 3.05) is 42.0 Å². The summed E-state index contributed by atoms with van der Waals surface area (Å²) >= 11 is 0. The average molecular weight is 546 g/mol. The first-order valence-corrected chi connectivity index (χ1v) is 13.6. The number of hydroxylamine groups is 1. The van der Waals surface area contributed by atoms with Gasteiger partial charge in [-0.1, -0.05) is 0 Å². The Hall–Kier alpha value is -4.04. The first-order chi connectivity index (χ1) is 18.1. The Labute approximate surface area is 219 Å². The molecular formula is C24H28FN7O5S. The fourth-order valence-corrected chi connectivity index (χ4v) is 4.12. The maximum atomic E-state index is 15.1. The Balaban J connectivity index is 1.77. The van der Waals surface area contributed by atoms with E-state index in [1.54, 1.807) is 13.0 Å². The van der Waals surface area contributed by atoms with Crippen molar-refractivity contribution in [3.05, 3.63) is 53.6 Å². The van der Waals surface area contributed by atoms with Crippen LogP contribution in [0.1, 0.15) is 41.6 Å². The number of carbonyl (C=O) groups is 1. The zero-order valence-electron chi connectivity index (χ0n) is 21.3. The van der Waals surface area contributed by atoms with Crippen LogP contribution in [0.15, 0.2) is 36.7 Å². The molecule has 1 amide bonds. The van der Waals surface area contributed by atoms with Crippen LogP contribution in [0.4, 0.5) is 33.1 Å². The fourth-order valence-electron chi connectivity index (χ4n) is 3.61. The molecule has 3 aromatic rings. The van der Waals surface area contributed by atoms with Crippen LogP contribution in [0, 0.1) is 5.82 Å². The lowest BCUT2D eigenvalue weighted by Crippen LogP contribution is -2.26. The smallest absolute Gasteiger partial charge is 0.318 e. The second-order valence-corrected chi connectivity index (χ2v) is 10.6. The third-order valence-corrected chi connectivity index (χ3v) is 6.96. The molecular weight excluding hydrogens is 517 g/mol. The molecule has 1 aromatic carbocycles. The number of aromatic nitrogens is 3. The van der Waals surface area contributed by atoms with E-state index in [0.29, 0.717) is 11.4 Å². The number of pyridine rings is 1. The van der Waals surface area contributed by atoms with Crippen molar-refractivity contribution >= 4 is 44.6 Å². The number of hydrogen-bond acceptors (Lipinski definition) is 10. The topological polar surface area (TPSA) is 148 Å². The van der Waals surface area contributed by atoms with Crippen molar-refractivity contribution in [2.24, 2.45) is 0 Å². The molecule has 1 saturated carbocycles. The first kappa shape index (κ1) is 27.0. The van der Waals surface area contributed by atoms with Crippen molar-refractivity contribution in [2.45, 2.75) is 25.7 Å². The monoisotopic (exact) mass is 545 g/mol. The lowest BCUT2D eigenvalue weighted by atomic mass is 10.1. The molecule has 1 aliphatic carbocycles. The SMILES string of the molecule is CCONC(=O)c1cnc(Nc2ccnc(OC)n2)cc1Nc1cc(F)c(C2CC2)cc1N(C)S(C)(=O)=O. The van der Waals surface area contributed by atoms with Crippen molar-refractivity contribution < 1.29 is 27.2 Å². The third-order valence-electron chi connectivity index (χ3n) is 5.77. The molecule has 4 rings (SSSR count). The standard InChI is InChI=1S/C24H28FN7O5S/c1-5-37-31-23(33)16-13-27-22(29-21-8-9-26-24(30-21)36-3)12-18(16)28-19-11-17(25)15(14-6-7-14)10-20(19)32(2)38(4,34)35/h8-14H,5-7H2,1-4H3,(H,31,33)(H2,26,27,28,29,30). The molecule has 3 N–H and O–H groups in total. The van der Waals surface area contributed by atoms with Crippen LogP contribution in [0.2, 0.25) is 0 Å². The Morgan fingerprint density at radius 1 is 1.16 bits per heavy atom. The van der Waals surface area contributed by atoms with Gasteiger partial charge < -0.3 is 15.4 Å². The summed E-state index contributed by atoms with van der Waals surface area (Å²) in [7, 11) is -0.860. The molecule has 0 aliphatic heterocycles. The molecule has 0 bridgehead atoms.